The van der Waals surface area contributed by atoms with Crippen molar-refractivity contribution in [3.8, 4) is 11.1 Å². The molecule has 2 aromatic heterocycles. The Morgan fingerprint density at radius 1 is 1.28 bits per heavy atom. The molecular formula is C12H11N3OS2. The quantitative estimate of drug-likeness (QED) is 0.468. The summed E-state index contributed by atoms with van der Waals surface area (Å²) in [6.07, 6.45) is 0. The fourth-order valence-corrected chi connectivity index (χ4v) is 2.69. The lowest BCUT2D eigenvalue weighted by Crippen LogP contribution is -1.84. The molecule has 0 unspecified atom stereocenters. The van der Waals surface area contributed by atoms with Crippen LogP contribution in [0, 0.1) is 18.6 Å². The van der Waals surface area contributed by atoms with Gasteiger partial charge in [-0.1, -0.05) is 5.16 Å². The van der Waals surface area contributed by atoms with Crippen LogP contribution in [0.2, 0.25) is 0 Å². The molecule has 18 heavy (non-hydrogen) atoms. The van der Waals surface area contributed by atoms with Gasteiger partial charge in [-0.3, -0.25) is 0 Å². The van der Waals surface area contributed by atoms with Gasteiger partial charge >= 0.3 is 0 Å². The van der Waals surface area contributed by atoms with Gasteiger partial charge in [-0.05, 0) is 43.8 Å². The molecule has 2 N–H and O–H groups in total. The summed E-state index contributed by atoms with van der Waals surface area (Å²) in [5.41, 5.74) is 4.75. The van der Waals surface area contributed by atoms with Crippen molar-refractivity contribution < 1.29 is 4.52 Å². The molecule has 0 radical (unpaired) electrons. The third kappa shape index (κ3) is 1.69. The van der Waals surface area contributed by atoms with Crippen molar-refractivity contribution in [2.24, 2.45) is 0 Å². The zero-order valence-electron chi connectivity index (χ0n) is 9.87. The van der Waals surface area contributed by atoms with Crippen LogP contribution in [-0.4, -0.2) is 15.1 Å². The highest BCUT2D eigenvalue weighted by atomic mass is 32.1. The molecule has 0 spiro atoms. The second-order valence-electron chi connectivity index (χ2n) is 4.20. The molecule has 0 aliphatic carbocycles. The summed E-state index contributed by atoms with van der Waals surface area (Å²) < 4.78 is 5.79. The number of hydrogen-bond acceptors (Lipinski definition) is 4. The maximum atomic E-state index is 5.19. The van der Waals surface area contributed by atoms with E-state index in [1.807, 2.05) is 26.0 Å². The molecule has 0 saturated carbocycles. The Morgan fingerprint density at radius 3 is 2.72 bits per heavy atom. The van der Waals surface area contributed by atoms with Gasteiger partial charge in [0.05, 0.1) is 16.7 Å². The van der Waals surface area contributed by atoms with Gasteiger partial charge in [-0.2, -0.15) is 0 Å². The van der Waals surface area contributed by atoms with Gasteiger partial charge in [-0.25, -0.2) is 0 Å². The zero-order chi connectivity index (χ0) is 12.9. The first kappa shape index (κ1) is 11.6. The molecule has 6 heteroatoms. The Kier molecular flexibility index (Phi) is 2.57. The topological polar surface area (TPSA) is 57.6 Å². The smallest absolute Gasteiger partial charge is 0.175 e. The fraction of sp³-hybridized carbons (Fsp3) is 0.167. The number of aryl methyl sites for hydroxylation is 2. The molecule has 0 atom stereocenters. The number of aromatic amines is 2. The van der Waals surface area contributed by atoms with Crippen LogP contribution < -0.4 is 0 Å². The summed E-state index contributed by atoms with van der Waals surface area (Å²) in [6, 6.07) is 4.00. The van der Waals surface area contributed by atoms with E-state index >= 15 is 0 Å². The molecule has 2 heterocycles. The molecule has 0 aliphatic heterocycles. The number of fused-ring (bicyclic) bond motifs is 1. The van der Waals surface area contributed by atoms with E-state index in [1.165, 1.54) is 0 Å². The molecule has 3 rings (SSSR count). The van der Waals surface area contributed by atoms with Crippen LogP contribution >= 0.6 is 24.8 Å². The average Bonchev–Trinajstić information content (AvgIpc) is 2.82. The molecule has 1 aromatic carbocycles. The van der Waals surface area contributed by atoms with Gasteiger partial charge in [0.2, 0.25) is 0 Å². The Hall–Kier alpha value is -1.53. The molecule has 4 nitrogen and oxygen atoms in total. The van der Waals surface area contributed by atoms with Crippen LogP contribution in [0.25, 0.3) is 22.2 Å². The van der Waals surface area contributed by atoms with E-state index in [0.29, 0.717) is 4.77 Å². The first-order valence-corrected chi connectivity index (χ1v) is 6.30. The van der Waals surface area contributed by atoms with Crippen molar-refractivity contribution in [3.05, 3.63) is 28.4 Å². The zero-order valence-corrected chi connectivity index (χ0v) is 11.6. The SMILES string of the molecule is Cc1noc(C)c1-c1cc(S)c2[nH]c(=S)[nH]c2c1. The molecule has 0 aliphatic rings. The number of rotatable bonds is 1. The van der Waals surface area contributed by atoms with E-state index in [2.05, 4.69) is 27.8 Å². The van der Waals surface area contributed by atoms with Gasteiger partial charge in [0.25, 0.3) is 0 Å². The van der Waals surface area contributed by atoms with Crippen LogP contribution in [0.3, 0.4) is 0 Å². The number of aromatic nitrogens is 3. The minimum atomic E-state index is 0.594. The number of nitrogens with one attached hydrogen (secondary N) is 2. The first-order valence-electron chi connectivity index (χ1n) is 5.44. The first-order chi connectivity index (χ1) is 8.56. The second kappa shape index (κ2) is 4.00. The summed E-state index contributed by atoms with van der Waals surface area (Å²) in [5, 5.41) is 3.97. The number of thiol groups is 1. The normalized spacial score (nSPS) is 11.3. The van der Waals surface area contributed by atoms with Crippen molar-refractivity contribution in [1.29, 1.82) is 0 Å². The van der Waals surface area contributed by atoms with Crippen molar-refractivity contribution >= 4 is 35.9 Å². The molecule has 0 fully saturated rings. The number of hydrogen-bond donors (Lipinski definition) is 3. The highest BCUT2D eigenvalue weighted by Gasteiger charge is 2.13. The van der Waals surface area contributed by atoms with Gasteiger partial charge in [0.1, 0.15) is 5.76 Å². The van der Waals surface area contributed by atoms with E-state index in [-0.39, 0.29) is 0 Å². The Labute approximate surface area is 114 Å². The lowest BCUT2D eigenvalue weighted by atomic mass is 10.0. The monoisotopic (exact) mass is 277 g/mol. The maximum absolute atomic E-state index is 5.19. The highest BCUT2D eigenvalue weighted by molar-refractivity contribution is 7.80. The second-order valence-corrected chi connectivity index (χ2v) is 5.09. The minimum absolute atomic E-state index is 0.594. The summed E-state index contributed by atoms with van der Waals surface area (Å²) in [5.74, 6) is 0.800. The maximum Gasteiger partial charge on any atom is 0.175 e. The van der Waals surface area contributed by atoms with Crippen LogP contribution in [0.4, 0.5) is 0 Å². The highest BCUT2D eigenvalue weighted by Crippen LogP contribution is 2.32. The van der Waals surface area contributed by atoms with Crippen LogP contribution in [0.15, 0.2) is 21.6 Å². The molecule has 0 bridgehead atoms. The average molecular weight is 277 g/mol. The van der Waals surface area contributed by atoms with Gasteiger partial charge in [0.15, 0.2) is 4.77 Å². The third-order valence-corrected chi connectivity index (χ3v) is 3.48. The summed E-state index contributed by atoms with van der Waals surface area (Å²) in [4.78, 5) is 7.01. The lowest BCUT2D eigenvalue weighted by molar-refractivity contribution is 0.393. The summed E-state index contributed by atoms with van der Waals surface area (Å²) >= 11 is 9.58. The summed E-state index contributed by atoms with van der Waals surface area (Å²) in [6.45, 7) is 3.82. The van der Waals surface area contributed by atoms with Crippen LogP contribution in [0.5, 0.6) is 0 Å². The van der Waals surface area contributed by atoms with Crippen molar-refractivity contribution in [1.82, 2.24) is 15.1 Å². The number of nitrogens with zero attached hydrogens (tertiary/aromatic N) is 1. The number of benzene rings is 1. The van der Waals surface area contributed by atoms with E-state index in [1.54, 1.807) is 0 Å². The number of H-pyrrole nitrogens is 2. The molecule has 3 aromatic rings. The molecule has 92 valence electrons. The van der Waals surface area contributed by atoms with Crippen molar-refractivity contribution in [3.63, 3.8) is 0 Å². The number of imidazole rings is 1. The van der Waals surface area contributed by atoms with E-state index in [9.17, 15) is 0 Å². The van der Waals surface area contributed by atoms with Gasteiger partial charge in [-0.15, -0.1) is 12.6 Å². The molecular weight excluding hydrogens is 266 g/mol. The lowest BCUT2D eigenvalue weighted by Gasteiger charge is -2.03. The van der Waals surface area contributed by atoms with Crippen molar-refractivity contribution in [2.75, 3.05) is 0 Å². The van der Waals surface area contributed by atoms with Crippen LogP contribution in [0.1, 0.15) is 11.5 Å². The van der Waals surface area contributed by atoms with Crippen LogP contribution in [-0.2, 0) is 0 Å². The van der Waals surface area contributed by atoms with Gasteiger partial charge in [0, 0.05) is 10.5 Å². The van der Waals surface area contributed by atoms with Crippen molar-refractivity contribution in [2.45, 2.75) is 18.7 Å². The minimum Gasteiger partial charge on any atom is -0.361 e. The predicted octanol–water partition coefficient (Wildman–Crippen LogP) is 3.79. The fourth-order valence-electron chi connectivity index (χ4n) is 2.16. The van der Waals surface area contributed by atoms with E-state index in [0.717, 1.165) is 38.5 Å². The standard InChI is InChI=1S/C12H11N3OS2/c1-5-10(6(2)16-15-5)7-3-8-11(9(17)4-7)14-12(18)13-8/h3-4,17H,1-2H3,(H2,13,14,18). The Morgan fingerprint density at radius 2 is 2.06 bits per heavy atom. The third-order valence-electron chi connectivity index (χ3n) is 2.93. The largest absolute Gasteiger partial charge is 0.361 e. The predicted molar refractivity (Wildman–Crippen MR) is 75.7 cm³/mol. The Bertz CT molecular complexity index is 778. The molecule has 0 saturated heterocycles. The van der Waals surface area contributed by atoms with E-state index < -0.39 is 0 Å². The molecule has 0 amide bonds. The van der Waals surface area contributed by atoms with E-state index in [4.69, 9.17) is 16.7 Å². The Balaban J connectivity index is 2.34. The summed E-state index contributed by atoms with van der Waals surface area (Å²) in [7, 11) is 0. The van der Waals surface area contributed by atoms with Gasteiger partial charge < -0.3 is 14.5 Å².